The van der Waals surface area contributed by atoms with E-state index < -0.39 is 0 Å². The van der Waals surface area contributed by atoms with Crippen molar-refractivity contribution >= 4 is 5.97 Å². The second kappa shape index (κ2) is 3.06. The van der Waals surface area contributed by atoms with Crippen molar-refractivity contribution in [1.82, 2.24) is 5.32 Å². The summed E-state index contributed by atoms with van der Waals surface area (Å²) in [6.07, 6.45) is 7.57. The first-order valence-electron chi connectivity index (χ1n) is 2.80. The molecule has 0 aromatic heterocycles. The van der Waals surface area contributed by atoms with Gasteiger partial charge in [0.1, 0.15) is 5.70 Å². The molecule has 1 heterocycles. The van der Waals surface area contributed by atoms with Crippen molar-refractivity contribution in [2.24, 2.45) is 0 Å². The number of methoxy groups -OCH3 is 1. The minimum atomic E-state index is -0.378. The summed E-state index contributed by atoms with van der Waals surface area (Å²) >= 11 is 0. The van der Waals surface area contributed by atoms with Crippen LogP contribution in [0.15, 0.2) is 24.0 Å². The molecule has 0 unspecified atom stereocenters. The summed E-state index contributed by atoms with van der Waals surface area (Å²) in [5.41, 5.74) is 0.407. The molecule has 0 fully saturated rings. The third-order valence-electron chi connectivity index (χ3n) is 1.05. The number of hydrogen-bond donors (Lipinski definition) is 1. The van der Waals surface area contributed by atoms with E-state index >= 15 is 0 Å². The molecule has 3 heteroatoms. The third kappa shape index (κ3) is 1.37. The average molecular weight is 137 g/mol. The highest BCUT2D eigenvalue weighted by atomic mass is 16.5. The molecule has 0 saturated heterocycles. The van der Waals surface area contributed by atoms with E-state index in [-0.39, 0.29) is 5.97 Å². The largest absolute Gasteiger partial charge is 0.464 e. The maximum absolute atomic E-state index is 10.7. The Balaban J connectivity index is 2.56. The van der Waals surface area contributed by atoms with Crippen LogP contribution in [0.1, 0.15) is 0 Å². The number of carbonyl (C=O) groups excluding carboxylic acids is 1. The zero-order valence-electron chi connectivity index (χ0n) is 5.55. The van der Waals surface area contributed by atoms with E-state index in [1.54, 1.807) is 12.3 Å². The van der Waals surface area contributed by atoms with Gasteiger partial charge in [-0.25, -0.2) is 4.79 Å². The maximum Gasteiger partial charge on any atom is 0.354 e. The van der Waals surface area contributed by atoms with E-state index in [9.17, 15) is 4.79 Å². The molecule has 1 N–H and O–H groups in total. The van der Waals surface area contributed by atoms with Gasteiger partial charge in [0.2, 0.25) is 0 Å². The van der Waals surface area contributed by atoms with Crippen LogP contribution in [-0.2, 0) is 9.53 Å². The van der Waals surface area contributed by atoms with Crippen LogP contribution in [0.4, 0.5) is 0 Å². The molecule has 1 aliphatic heterocycles. The quantitative estimate of drug-likeness (QED) is 0.526. The minimum Gasteiger partial charge on any atom is -0.464 e. The topological polar surface area (TPSA) is 38.3 Å². The molecule has 0 bridgehead atoms. The standard InChI is InChI=1S/C7H7NO2/c1-10-7(9)6-4-2-3-5-8-6/h3-5,8H,1H3. The second-order valence-electron chi connectivity index (χ2n) is 1.69. The fourth-order valence-electron chi connectivity index (χ4n) is 0.580. The predicted octanol–water partition coefficient (Wildman–Crippen LogP) is 0.241. The molecule has 2 radical (unpaired) electrons. The molecule has 1 aliphatic rings. The zero-order chi connectivity index (χ0) is 7.40. The molecule has 1 rings (SSSR count). The lowest BCUT2D eigenvalue weighted by atomic mass is 10.2. The zero-order valence-corrected chi connectivity index (χ0v) is 5.55. The number of ether oxygens (including phenoxy) is 1. The van der Waals surface area contributed by atoms with E-state index in [1.165, 1.54) is 13.2 Å². The van der Waals surface area contributed by atoms with E-state index in [1.807, 2.05) is 0 Å². The number of carbonyl (C=O) groups is 1. The van der Waals surface area contributed by atoms with Gasteiger partial charge in [-0.1, -0.05) is 6.08 Å². The summed E-state index contributed by atoms with van der Waals surface area (Å²) in [7, 11) is 1.34. The van der Waals surface area contributed by atoms with Gasteiger partial charge in [0.05, 0.1) is 7.11 Å². The maximum atomic E-state index is 10.7. The van der Waals surface area contributed by atoms with Gasteiger partial charge < -0.3 is 10.1 Å². The van der Waals surface area contributed by atoms with Crippen molar-refractivity contribution < 1.29 is 9.53 Å². The van der Waals surface area contributed by atoms with Crippen LogP contribution in [0.2, 0.25) is 0 Å². The molecule has 0 aromatic rings. The van der Waals surface area contributed by atoms with Crippen LogP contribution >= 0.6 is 0 Å². The minimum absolute atomic E-state index is 0.378. The number of hydrogen-bond acceptors (Lipinski definition) is 3. The summed E-state index contributed by atoms with van der Waals surface area (Å²) in [6.45, 7) is 0. The highest BCUT2D eigenvalue weighted by molar-refractivity contribution is 5.88. The molecule has 10 heavy (non-hydrogen) atoms. The fraction of sp³-hybridized carbons (Fsp3) is 0.143. The van der Waals surface area contributed by atoms with Crippen molar-refractivity contribution in [1.29, 1.82) is 0 Å². The molecule has 0 aliphatic carbocycles. The molecular formula is C7H7NO2. The Morgan fingerprint density at radius 3 is 3.10 bits per heavy atom. The van der Waals surface area contributed by atoms with Crippen LogP contribution in [0.5, 0.6) is 0 Å². The summed E-state index contributed by atoms with van der Waals surface area (Å²) in [6, 6.07) is 0. The molecule has 0 saturated carbocycles. The Morgan fingerprint density at radius 2 is 2.60 bits per heavy atom. The smallest absolute Gasteiger partial charge is 0.354 e. The lowest BCUT2D eigenvalue weighted by Crippen LogP contribution is -2.18. The monoisotopic (exact) mass is 137 g/mol. The fourth-order valence-corrected chi connectivity index (χ4v) is 0.580. The van der Waals surface area contributed by atoms with Gasteiger partial charge in [0, 0.05) is 6.42 Å². The SMILES string of the molecule is COC(=O)C1=C[C]C=CN1. The van der Waals surface area contributed by atoms with Gasteiger partial charge in [-0.2, -0.15) is 0 Å². The number of dihydropyridines is 1. The third-order valence-corrected chi connectivity index (χ3v) is 1.05. The van der Waals surface area contributed by atoms with Crippen LogP contribution in [0.3, 0.4) is 0 Å². The number of esters is 1. The van der Waals surface area contributed by atoms with E-state index in [2.05, 4.69) is 16.5 Å². The first kappa shape index (κ1) is 6.86. The van der Waals surface area contributed by atoms with Crippen LogP contribution in [-0.4, -0.2) is 13.1 Å². The number of nitrogens with one attached hydrogen (secondary N) is 1. The van der Waals surface area contributed by atoms with E-state index in [0.29, 0.717) is 5.70 Å². The van der Waals surface area contributed by atoms with Crippen molar-refractivity contribution in [2.45, 2.75) is 0 Å². The Hall–Kier alpha value is -1.25. The Morgan fingerprint density at radius 1 is 1.80 bits per heavy atom. The van der Waals surface area contributed by atoms with Gasteiger partial charge in [-0.15, -0.1) is 0 Å². The van der Waals surface area contributed by atoms with Crippen molar-refractivity contribution in [3.8, 4) is 0 Å². The predicted molar refractivity (Wildman–Crippen MR) is 35.6 cm³/mol. The summed E-state index contributed by atoms with van der Waals surface area (Å²) < 4.78 is 4.45. The van der Waals surface area contributed by atoms with Crippen LogP contribution < -0.4 is 5.32 Å². The van der Waals surface area contributed by atoms with E-state index in [0.717, 1.165) is 0 Å². The van der Waals surface area contributed by atoms with Gasteiger partial charge in [-0.05, 0) is 12.3 Å². The summed E-state index contributed by atoms with van der Waals surface area (Å²) in [5, 5.41) is 2.71. The molecule has 0 atom stereocenters. The molecule has 0 aromatic carbocycles. The van der Waals surface area contributed by atoms with Crippen LogP contribution in [0, 0.1) is 6.42 Å². The van der Waals surface area contributed by atoms with Gasteiger partial charge in [-0.3, -0.25) is 0 Å². The van der Waals surface area contributed by atoms with Gasteiger partial charge in [0.25, 0.3) is 0 Å². The molecular weight excluding hydrogens is 130 g/mol. The average Bonchev–Trinajstić information content (AvgIpc) is 2.05. The lowest BCUT2D eigenvalue weighted by Gasteiger charge is -2.06. The first-order valence-corrected chi connectivity index (χ1v) is 2.80. The second-order valence-corrected chi connectivity index (χ2v) is 1.69. The highest BCUT2D eigenvalue weighted by Gasteiger charge is 2.07. The van der Waals surface area contributed by atoms with Crippen LogP contribution in [0.25, 0.3) is 0 Å². The van der Waals surface area contributed by atoms with Crippen molar-refractivity contribution in [3.05, 3.63) is 30.5 Å². The van der Waals surface area contributed by atoms with Crippen molar-refractivity contribution in [3.63, 3.8) is 0 Å². The van der Waals surface area contributed by atoms with Gasteiger partial charge in [0.15, 0.2) is 0 Å². The molecule has 0 spiro atoms. The van der Waals surface area contributed by atoms with Gasteiger partial charge >= 0.3 is 5.97 Å². The summed E-state index contributed by atoms with van der Waals surface area (Å²) in [5.74, 6) is -0.378. The lowest BCUT2D eigenvalue weighted by molar-refractivity contribution is -0.136. The first-order chi connectivity index (χ1) is 4.84. The number of allylic oxidation sites excluding steroid dienone is 2. The van der Waals surface area contributed by atoms with E-state index in [4.69, 9.17) is 0 Å². The Labute approximate surface area is 59.4 Å². The summed E-state index contributed by atoms with van der Waals surface area (Å²) in [4.78, 5) is 10.7. The normalized spacial score (nSPS) is 15.5. The number of rotatable bonds is 1. The Bertz CT molecular complexity index is 194. The Kier molecular flexibility index (Phi) is 2.10. The highest BCUT2D eigenvalue weighted by Crippen LogP contribution is 2.00. The molecule has 52 valence electrons. The van der Waals surface area contributed by atoms with Crippen molar-refractivity contribution in [2.75, 3.05) is 7.11 Å². The molecule has 3 nitrogen and oxygen atoms in total. The molecule has 0 amide bonds.